The SMILES string of the molecule is N#C/C(=C/N1CCN(C(c2ccccc2)c2ccccc2)CC1)C(=O)NC1CCCCC1. The fourth-order valence-electron chi connectivity index (χ4n) is 4.84. The molecule has 1 N–H and O–H groups in total. The van der Waals surface area contributed by atoms with Gasteiger partial charge in [0.25, 0.3) is 5.91 Å². The van der Waals surface area contributed by atoms with Crippen molar-refractivity contribution in [3.05, 3.63) is 83.6 Å². The Labute approximate surface area is 191 Å². The molecule has 0 radical (unpaired) electrons. The molecule has 2 aliphatic rings. The molecule has 1 saturated heterocycles. The number of carbonyl (C=O) groups is 1. The van der Waals surface area contributed by atoms with Gasteiger partial charge in [-0.3, -0.25) is 9.69 Å². The van der Waals surface area contributed by atoms with Crippen molar-refractivity contribution >= 4 is 5.91 Å². The second-order valence-electron chi connectivity index (χ2n) is 8.76. The normalized spacial score (nSPS) is 18.4. The zero-order valence-corrected chi connectivity index (χ0v) is 18.6. The molecule has 0 spiro atoms. The highest BCUT2D eigenvalue weighted by atomic mass is 16.1. The van der Waals surface area contributed by atoms with Crippen LogP contribution in [0.1, 0.15) is 49.3 Å². The van der Waals surface area contributed by atoms with E-state index >= 15 is 0 Å². The van der Waals surface area contributed by atoms with E-state index in [0.717, 1.165) is 51.9 Å². The molecule has 166 valence electrons. The molecular weight excluding hydrogens is 396 g/mol. The fraction of sp³-hybridized carbons (Fsp3) is 0.407. The average Bonchev–Trinajstić information content (AvgIpc) is 2.85. The zero-order chi connectivity index (χ0) is 22.2. The molecule has 0 bridgehead atoms. The average molecular weight is 429 g/mol. The van der Waals surface area contributed by atoms with Crippen LogP contribution < -0.4 is 5.32 Å². The van der Waals surface area contributed by atoms with Gasteiger partial charge in [-0.1, -0.05) is 79.9 Å². The molecule has 2 fully saturated rings. The van der Waals surface area contributed by atoms with Gasteiger partial charge in [0.1, 0.15) is 11.6 Å². The highest BCUT2D eigenvalue weighted by molar-refractivity contribution is 5.97. The van der Waals surface area contributed by atoms with Gasteiger partial charge in [-0.25, -0.2) is 0 Å². The van der Waals surface area contributed by atoms with E-state index in [4.69, 9.17) is 0 Å². The second kappa shape index (κ2) is 11.0. The maximum atomic E-state index is 12.6. The molecule has 5 nitrogen and oxygen atoms in total. The lowest BCUT2D eigenvalue weighted by atomic mass is 9.95. The predicted octanol–water partition coefficient (Wildman–Crippen LogP) is 4.25. The molecule has 1 aliphatic carbocycles. The first-order chi connectivity index (χ1) is 15.7. The summed E-state index contributed by atoms with van der Waals surface area (Å²) in [5.41, 5.74) is 2.78. The van der Waals surface area contributed by atoms with Crippen LogP contribution in [0, 0.1) is 11.3 Å². The van der Waals surface area contributed by atoms with E-state index in [2.05, 4.69) is 81.8 Å². The first-order valence-electron chi connectivity index (χ1n) is 11.8. The Hall–Kier alpha value is -3.10. The predicted molar refractivity (Wildman–Crippen MR) is 127 cm³/mol. The Balaban J connectivity index is 1.41. The van der Waals surface area contributed by atoms with E-state index in [-0.39, 0.29) is 23.6 Å². The number of amides is 1. The number of hydrogen-bond acceptors (Lipinski definition) is 4. The monoisotopic (exact) mass is 428 g/mol. The van der Waals surface area contributed by atoms with Gasteiger partial charge in [-0.05, 0) is 24.0 Å². The molecule has 1 heterocycles. The van der Waals surface area contributed by atoms with Crippen LogP contribution in [0.2, 0.25) is 0 Å². The lowest BCUT2D eigenvalue weighted by Gasteiger charge is -2.39. The molecule has 2 aromatic carbocycles. The number of nitriles is 1. The molecule has 32 heavy (non-hydrogen) atoms. The third kappa shape index (κ3) is 5.57. The van der Waals surface area contributed by atoms with E-state index in [0.29, 0.717) is 0 Å². The third-order valence-corrected chi connectivity index (χ3v) is 6.56. The van der Waals surface area contributed by atoms with Gasteiger partial charge in [-0.2, -0.15) is 5.26 Å². The number of piperazine rings is 1. The topological polar surface area (TPSA) is 59.4 Å². The maximum absolute atomic E-state index is 12.6. The van der Waals surface area contributed by atoms with Crippen molar-refractivity contribution in [2.45, 2.75) is 44.2 Å². The van der Waals surface area contributed by atoms with Crippen LogP contribution in [0.3, 0.4) is 0 Å². The van der Waals surface area contributed by atoms with Crippen LogP contribution in [0.4, 0.5) is 0 Å². The molecule has 1 saturated carbocycles. The Kier molecular flexibility index (Phi) is 7.58. The Morgan fingerprint density at radius 1 is 0.906 bits per heavy atom. The van der Waals surface area contributed by atoms with Crippen LogP contribution in [0.25, 0.3) is 0 Å². The molecule has 5 heteroatoms. The summed E-state index contributed by atoms with van der Waals surface area (Å²) in [4.78, 5) is 17.2. The Morgan fingerprint density at radius 3 is 2.00 bits per heavy atom. The highest BCUT2D eigenvalue weighted by Crippen LogP contribution is 2.29. The van der Waals surface area contributed by atoms with E-state index in [1.807, 2.05) is 0 Å². The van der Waals surface area contributed by atoms with E-state index < -0.39 is 0 Å². The van der Waals surface area contributed by atoms with E-state index in [1.165, 1.54) is 17.5 Å². The second-order valence-corrected chi connectivity index (χ2v) is 8.76. The van der Waals surface area contributed by atoms with E-state index in [1.54, 1.807) is 6.20 Å². The Bertz CT molecular complexity index is 897. The lowest BCUT2D eigenvalue weighted by Crippen LogP contribution is -2.46. The molecule has 1 amide bonds. The maximum Gasteiger partial charge on any atom is 0.263 e. The number of hydrogen-bond donors (Lipinski definition) is 1. The molecule has 0 aromatic heterocycles. The standard InChI is InChI=1S/C27H32N4O/c28-20-24(27(32)29-25-14-8-3-9-15-25)21-30-16-18-31(19-17-30)26(22-10-4-1-5-11-22)23-12-6-2-7-13-23/h1-2,4-7,10-13,21,25-26H,3,8-9,14-19H2,(H,29,32)/b24-21-. The minimum atomic E-state index is -0.228. The number of nitrogens with zero attached hydrogens (tertiary/aromatic N) is 3. The van der Waals surface area contributed by atoms with Crippen molar-refractivity contribution < 1.29 is 4.79 Å². The van der Waals surface area contributed by atoms with Gasteiger partial charge < -0.3 is 10.2 Å². The van der Waals surface area contributed by atoms with Crippen LogP contribution in [-0.4, -0.2) is 47.9 Å². The van der Waals surface area contributed by atoms with Crippen molar-refractivity contribution in [3.63, 3.8) is 0 Å². The zero-order valence-electron chi connectivity index (χ0n) is 18.6. The van der Waals surface area contributed by atoms with Crippen LogP contribution in [0.15, 0.2) is 72.4 Å². The third-order valence-electron chi connectivity index (χ3n) is 6.56. The molecule has 2 aromatic rings. The van der Waals surface area contributed by atoms with Crippen molar-refractivity contribution in [2.24, 2.45) is 0 Å². The molecule has 4 rings (SSSR count). The van der Waals surface area contributed by atoms with Gasteiger partial charge in [0.15, 0.2) is 0 Å². The van der Waals surface area contributed by atoms with Crippen LogP contribution in [-0.2, 0) is 4.79 Å². The summed E-state index contributed by atoms with van der Waals surface area (Å²) in [6.45, 7) is 3.32. The Morgan fingerprint density at radius 2 is 1.47 bits per heavy atom. The van der Waals surface area contributed by atoms with Gasteiger partial charge >= 0.3 is 0 Å². The summed E-state index contributed by atoms with van der Waals surface area (Å²) < 4.78 is 0. The lowest BCUT2D eigenvalue weighted by molar-refractivity contribution is -0.118. The fourth-order valence-corrected chi connectivity index (χ4v) is 4.84. The van der Waals surface area contributed by atoms with Crippen molar-refractivity contribution in [3.8, 4) is 6.07 Å². The first-order valence-corrected chi connectivity index (χ1v) is 11.8. The minimum absolute atomic E-state index is 0.202. The number of rotatable bonds is 6. The summed E-state index contributed by atoms with van der Waals surface area (Å²) in [5.74, 6) is -0.228. The van der Waals surface area contributed by atoms with E-state index in [9.17, 15) is 10.1 Å². The smallest absolute Gasteiger partial charge is 0.263 e. The number of carbonyl (C=O) groups excluding carboxylic acids is 1. The molecular formula is C27H32N4O. The number of benzene rings is 2. The van der Waals surface area contributed by atoms with Gasteiger partial charge in [0.2, 0.25) is 0 Å². The van der Waals surface area contributed by atoms with Gasteiger partial charge in [0.05, 0.1) is 6.04 Å². The summed E-state index contributed by atoms with van der Waals surface area (Å²) in [6.07, 6.45) is 7.35. The van der Waals surface area contributed by atoms with Crippen LogP contribution >= 0.6 is 0 Å². The van der Waals surface area contributed by atoms with Crippen molar-refractivity contribution in [2.75, 3.05) is 26.2 Å². The summed E-state index contributed by atoms with van der Waals surface area (Å²) in [6, 6.07) is 23.8. The quantitative estimate of drug-likeness (QED) is 0.552. The molecule has 0 atom stereocenters. The van der Waals surface area contributed by atoms with Gasteiger partial charge in [0, 0.05) is 38.4 Å². The number of nitrogens with one attached hydrogen (secondary N) is 1. The molecule has 0 unspecified atom stereocenters. The van der Waals surface area contributed by atoms with Crippen LogP contribution in [0.5, 0.6) is 0 Å². The highest BCUT2D eigenvalue weighted by Gasteiger charge is 2.26. The minimum Gasteiger partial charge on any atom is -0.374 e. The van der Waals surface area contributed by atoms with Crippen molar-refractivity contribution in [1.29, 1.82) is 5.26 Å². The molecule has 1 aliphatic heterocycles. The first kappa shape index (κ1) is 22.1. The summed E-state index contributed by atoms with van der Waals surface area (Å²) >= 11 is 0. The summed E-state index contributed by atoms with van der Waals surface area (Å²) in [5, 5.41) is 12.6. The summed E-state index contributed by atoms with van der Waals surface area (Å²) in [7, 11) is 0. The largest absolute Gasteiger partial charge is 0.374 e. The van der Waals surface area contributed by atoms with Gasteiger partial charge in [-0.15, -0.1) is 0 Å². The van der Waals surface area contributed by atoms with Crippen molar-refractivity contribution in [1.82, 2.24) is 15.1 Å².